The largest absolute Gasteiger partial charge is 0.489 e. The Kier molecular flexibility index (Phi) is 5.64. The van der Waals surface area contributed by atoms with Gasteiger partial charge in [-0.2, -0.15) is 0 Å². The normalized spacial score (nSPS) is 10.6. The fraction of sp³-hybridized carbons (Fsp3) is 0.190. The molecule has 134 valence electrons. The molecule has 0 aliphatic rings. The zero-order valence-electron chi connectivity index (χ0n) is 14.9. The Morgan fingerprint density at radius 3 is 2.77 bits per heavy atom. The highest BCUT2D eigenvalue weighted by Gasteiger charge is 2.12. The minimum absolute atomic E-state index is 0.140. The van der Waals surface area contributed by atoms with Gasteiger partial charge in [0.2, 0.25) is 0 Å². The number of hydrogen-bond acceptors (Lipinski definition) is 3. The summed E-state index contributed by atoms with van der Waals surface area (Å²) in [6.45, 7) is 6.38. The van der Waals surface area contributed by atoms with Crippen LogP contribution in [0.25, 0.3) is 0 Å². The molecule has 3 aromatic rings. The molecule has 0 saturated carbocycles. The summed E-state index contributed by atoms with van der Waals surface area (Å²) >= 11 is 7.51. The highest BCUT2D eigenvalue weighted by molar-refractivity contribution is 7.12. The SMILES string of the molecule is Cc1ccc(C)c(OCc2csc(C(=O)Nc3cccc(Cl)c3C)c2)c1. The second-order valence-electron chi connectivity index (χ2n) is 6.24. The molecule has 3 nitrogen and oxygen atoms in total. The number of aryl methyl sites for hydroxylation is 2. The summed E-state index contributed by atoms with van der Waals surface area (Å²) in [7, 11) is 0. The molecule has 1 aromatic heterocycles. The van der Waals surface area contributed by atoms with Crippen LogP contribution in [0.3, 0.4) is 0 Å². The molecule has 0 aliphatic heterocycles. The summed E-state index contributed by atoms with van der Waals surface area (Å²) in [4.78, 5) is 13.1. The van der Waals surface area contributed by atoms with Crippen molar-refractivity contribution in [2.75, 3.05) is 5.32 Å². The summed E-state index contributed by atoms with van der Waals surface area (Å²) in [5, 5.41) is 5.50. The van der Waals surface area contributed by atoms with Crippen molar-refractivity contribution in [3.05, 3.63) is 80.0 Å². The molecule has 0 aliphatic carbocycles. The van der Waals surface area contributed by atoms with Gasteiger partial charge in [-0.15, -0.1) is 11.3 Å². The third-order valence-electron chi connectivity index (χ3n) is 4.13. The summed E-state index contributed by atoms with van der Waals surface area (Å²) in [6, 6.07) is 13.5. The molecule has 26 heavy (non-hydrogen) atoms. The molecule has 1 heterocycles. The van der Waals surface area contributed by atoms with E-state index in [2.05, 4.69) is 11.4 Å². The van der Waals surface area contributed by atoms with E-state index in [4.69, 9.17) is 16.3 Å². The molecule has 0 saturated heterocycles. The quantitative estimate of drug-likeness (QED) is 0.571. The lowest BCUT2D eigenvalue weighted by molar-refractivity contribution is 0.103. The van der Waals surface area contributed by atoms with Gasteiger partial charge in [0.25, 0.3) is 5.91 Å². The first-order valence-corrected chi connectivity index (χ1v) is 9.53. The van der Waals surface area contributed by atoms with Gasteiger partial charge >= 0.3 is 0 Å². The molecule has 2 aromatic carbocycles. The van der Waals surface area contributed by atoms with Crippen LogP contribution in [-0.2, 0) is 6.61 Å². The Morgan fingerprint density at radius 2 is 1.96 bits per heavy atom. The van der Waals surface area contributed by atoms with Gasteiger partial charge in [-0.05, 0) is 67.1 Å². The third-order valence-corrected chi connectivity index (χ3v) is 5.52. The monoisotopic (exact) mass is 385 g/mol. The lowest BCUT2D eigenvalue weighted by Gasteiger charge is -2.09. The molecule has 1 amide bonds. The van der Waals surface area contributed by atoms with Gasteiger partial charge in [-0.1, -0.05) is 29.8 Å². The number of halogens is 1. The van der Waals surface area contributed by atoms with Gasteiger partial charge in [0.1, 0.15) is 12.4 Å². The smallest absolute Gasteiger partial charge is 0.265 e. The van der Waals surface area contributed by atoms with E-state index < -0.39 is 0 Å². The maximum atomic E-state index is 12.5. The Balaban J connectivity index is 1.66. The van der Waals surface area contributed by atoms with E-state index >= 15 is 0 Å². The van der Waals surface area contributed by atoms with Crippen molar-refractivity contribution in [1.29, 1.82) is 0 Å². The third kappa shape index (κ3) is 4.26. The highest BCUT2D eigenvalue weighted by atomic mass is 35.5. The molecule has 0 fully saturated rings. The van der Waals surface area contributed by atoms with E-state index in [1.807, 2.05) is 56.5 Å². The molecular weight excluding hydrogens is 366 g/mol. The zero-order valence-corrected chi connectivity index (χ0v) is 16.5. The van der Waals surface area contributed by atoms with Gasteiger partial charge in [-0.25, -0.2) is 0 Å². The van der Waals surface area contributed by atoms with Crippen molar-refractivity contribution in [3.8, 4) is 5.75 Å². The molecule has 0 radical (unpaired) electrons. The second kappa shape index (κ2) is 7.94. The Bertz CT molecular complexity index is 949. The average molecular weight is 386 g/mol. The van der Waals surface area contributed by atoms with E-state index in [0.717, 1.165) is 33.7 Å². The maximum Gasteiger partial charge on any atom is 0.265 e. The highest BCUT2D eigenvalue weighted by Crippen LogP contribution is 2.25. The topological polar surface area (TPSA) is 38.3 Å². The van der Waals surface area contributed by atoms with E-state index in [-0.39, 0.29) is 5.91 Å². The molecule has 0 spiro atoms. The molecule has 0 bridgehead atoms. The Labute approximate surface area is 162 Å². The van der Waals surface area contributed by atoms with Crippen molar-refractivity contribution < 1.29 is 9.53 Å². The van der Waals surface area contributed by atoms with Crippen LogP contribution in [0.5, 0.6) is 5.75 Å². The molecule has 0 unspecified atom stereocenters. The van der Waals surface area contributed by atoms with Gasteiger partial charge in [0.15, 0.2) is 0 Å². The van der Waals surface area contributed by atoms with Crippen LogP contribution in [0, 0.1) is 20.8 Å². The predicted octanol–water partition coefficient (Wildman–Crippen LogP) is 6.16. The maximum absolute atomic E-state index is 12.5. The summed E-state index contributed by atoms with van der Waals surface area (Å²) in [5.41, 5.74) is 4.82. The number of ether oxygens (including phenoxy) is 1. The minimum Gasteiger partial charge on any atom is -0.489 e. The van der Waals surface area contributed by atoms with Gasteiger partial charge in [0.05, 0.1) is 4.88 Å². The first-order chi connectivity index (χ1) is 12.4. The minimum atomic E-state index is -0.140. The predicted molar refractivity (Wildman–Crippen MR) is 109 cm³/mol. The number of anilines is 1. The van der Waals surface area contributed by atoms with E-state index in [0.29, 0.717) is 16.5 Å². The van der Waals surface area contributed by atoms with Crippen molar-refractivity contribution in [3.63, 3.8) is 0 Å². The first kappa shape index (κ1) is 18.5. The Morgan fingerprint density at radius 1 is 1.15 bits per heavy atom. The summed E-state index contributed by atoms with van der Waals surface area (Å²) in [6.07, 6.45) is 0. The van der Waals surface area contributed by atoms with Crippen molar-refractivity contribution in [2.45, 2.75) is 27.4 Å². The fourth-order valence-electron chi connectivity index (χ4n) is 2.52. The van der Waals surface area contributed by atoms with Crippen LogP contribution in [0.4, 0.5) is 5.69 Å². The number of amides is 1. The first-order valence-electron chi connectivity index (χ1n) is 8.28. The van der Waals surface area contributed by atoms with E-state index in [1.54, 1.807) is 6.07 Å². The van der Waals surface area contributed by atoms with E-state index in [9.17, 15) is 4.79 Å². The molecular formula is C21H20ClNO2S. The number of benzene rings is 2. The van der Waals surface area contributed by atoms with Crippen LogP contribution in [-0.4, -0.2) is 5.91 Å². The van der Waals surface area contributed by atoms with Crippen LogP contribution < -0.4 is 10.1 Å². The molecule has 1 N–H and O–H groups in total. The number of thiophene rings is 1. The number of carbonyl (C=O) groups excluding carboxylic acids is 1. The average Bonchev–Trinajstić information content (AvgIpc) is 3.09. The zero-order chi connectivity index (χ0) is 18.7. The van der Waals surface area contributed by atoms with E-state index in [1.165, 1.54) is 11.3 Å². The second-order valence-corrected chi connectivity index (χ2v) is 7.56. The van der Waals surface area contributed by atoms with Gasteiger partial charge in [-0.3, -0.25) is 4.79 Å². The van der Waals surface area contributed by atoms with Crippen molar-refractivity contribution in [2.24, 2.45) is 0 Å². The fourth-order valence-corrected chi connectivity index (χ4v) is 3.49. The molecule has 3 rings (SSSR count). The van der Waals surface area contributed by atoms with Crippen molar-refractivity contribution >= 4 is 34.5 Å². The number of hydrogen-bond donors (Lipinski definition) is 1. The molecule has 5 heteroatoms. The van der Waals surface area contributed by atoms with Crippen LogP contribution in [0.15, 0.2) is 47.8 Å². The lowest BCUT2D eigenvalue weighted by atomic mass is 10.1. The van der Waals surface area contributed by atoms with Gasteiger partial charge in [0, 0.05) is 16.3 Å². The number of rotatable bonds is 5. The van der Waals surface area contributed by atoms with Crippen LogP contribution >= 0.6 is 22.9 Å². The summed E-state index contributed by atoms with van der Waals surface area (Å²) < 4.78 is 5.91. The molecule has 0 atom stereocenters. The number of nitrogens with one attached hydrogen (secondary N) is 1. The van der Waals surface area contributed by atoms with Crippen molar-refractivity contribution in [1.82, 2.24) is 0 Å². The van der Waals surface area contributed by atoms with Crippen LogP contribution in [0.2, 0.25) is 5.02 Å². The van der Waals surface area contributed by atoms with Crippen LogP contribution in [0.1, 0.15) is 31.9 Å². The van der Waals surface area contributed by atoms with Gasteiger partial charge < -0.3 is 10.1 Å². The summed E-state index contributed by atoms with van der Waals surface area (Å²) in [5.74, 6) is 0.732. The Hall–Kier alpha value is -2.30. The number of carbonyl (C=O) groups is 1. The standard InChI is InChI=1S/C21H20ClNO2S/c1-13-7-8-14(2)19(9-13)25-11-16-10-20(26-12-16)21(24)23-18-6-4-5-17(22)15(18)3/h4-10,12H,11H2,1-3H3,(H,23,24). The lowest BCUT2D eigenvalue weighted by Crippen LogP contribution is -2.11.